The zero-order valence-corrected chi connectivity index (χ0v) is 12.0. The highest BCUT2D eigenvalue weighted by Crippen LogP contribution is 2.18. The Balaban J connectivity index is 2.26. The van der Waals surface area contributed by atoms with Crippen molar-refractivity contribution in [2.24, 2.45) is 0 Å². The summed E-state index contributed by atoms with van der Waals surface area (Å²) in [5, 5.41) is 3.02. The highest BCUT2D eigenvalue weighted by atomic mass is 35.5. The van der Waals surface area contributed by atoms with Gasteiger partial charge in [-0.05, 0) is 49.2 Å². The monoisotopic (exact) mass is 292 g/mol. The summed E-state index contributed by atoms with van der Waals surface area (Å²) in [6, 6.07) is 7.41. The lowest BCUT2D eigenvalue weighted by Crippen LogP contribution is -2.13. The fraction of sp³-hybridized carbons (Fsp3) is 0.200. The summed E-state index contributed by atoms with van der Waals surface area (Å²) in [5.74, 6) is -0.626. The van der Waals surface area contributed by atoms with E-state index in [4.69, 9.17) is 11.6 Å². The second-order valence-electron chi connectivity index (χ2n) is 4.44. The molecule has 0 saturated carbocycles. The van der Waals surface area contributed by atoms with Crippen LogP contribution < -0.4 is 5.32 Å². The molecule has 0 unspecified atom stereocenters. The fourth-order valence-corrected chi connectivity index (χ4v) is 2.05. The van der Waals surface area contributed by atoms with Gasteiger partial charge in [0.15, 0.2) is 0 Å². The topological polar surface area (TPSA) is 42.0 Å². The first kappa shape index (κ1) is 14.5. The van der Waals surface area contributed by atoms with Crippen LogP contribution in [0.15, 0.2) is 30.3 Å². The standard InChI is InChI=1S/C15H14ClFN2O/c1-3-12-7-10(8-14(16)18-12)15(20)19-13-5-4-11(17)6-9(13)2/h4-8H,3H2,1-2H3,(H,19,20). The molecule has 2 rings (SSSR count). The third-order valence-corrected chi connectivity index (χ3v) is 3.10. The van der Waals surface area contributed by atoms with Gasteiger partial charge in [0.05, 0.1) is 0 Å². The van der Waals surface area contributed by atoms with Gasteiger partial charge in [0.1, 0.15) is 11.0 Å². The summed E-state index contributed by atoms with van der Waals surface area (Å²) < 4.78 is 13.0. The van der Waals surface area contributed by atoms with Crippen LogP contribution in [0.3, 0.4) is 0 Å². The third-order valence-electron chi connectivity index (χ3n) is 2.91. The molecule has 5 heteroatoms. The number of anilines is 1. The van der Waals surface area contributed by atoms with Crippen molar-refractivity contribution in [3.05, 3.63) is 58.1 Å². The summed E-state index contributed by atoms with van der Waals surface area (Å²) in [5.41, 5.74) is 2.42. The fourth-order valence-electron chi connectivity index (χ4n) is 1.83. The average molecular weight is 293 g/mol. The lowest BCUT2D eigenvalue weighted by atomic mass is 10.1. The molecule has 0 aliphatic carbocycles. The van der Waals surface area contributed by atoms with Crippen molar-refractivity contribution in [1.82, 2.24) is 4.98 Å². The number of amides is 1. The number of nitrogens with zero attached hydrogens (tertiary/aromatic N) is 1. The molecule has 0 bridgehead atoms. The zero-order chi connectivity index (χ0) is 14.7. The van der Waals surface area contributed by atoms with E-state index >= 15 is 0 Å². The van der Waals surface area contributed by atoms with Gasteiger partial charge in [-0.15, -0.1) is 0 Å². The predicted octanol–water partition coefficient (Wildman–Crippen LogP) is 4.00. The Labute approximate surface area is 121 Å². The molecule has 0 saturated heterocycles. The summed E-state index contributed by atoms with van der Waals surface area (Å²) in [4.78, 5) is 16.3. The van der Waals surface area contributed by atoms with Gasteiger partial charge in [-0.25, -0.2) is 9.37 Å². The molecule has 1 aromatic heterocycles. The second-order valence-corrected chi connectivity index (χ2v) is 4.82. The van der Waals surface area contributed by atoms with Crippen LogP contribution in [0, 0.1) is 12.7 Å². The number of aromatic nitrogens is 1. The Morgan fingerprint density at radius 2 is 2.10 bits per heavy atom. The number of halogens is 2. The number of nitrogens with one attached hydrogen (secondary N) is 1. The smallest absolute Gasteiger partial charge is 0.255 e. The van der Waals surface area contributed by atoms with Gasteiger partial charge in [0.2, 0.25) is 0 Å². The zero-order valence-electron chi connectivity index (χ0n) is 11.2. The maximum atomic E-state index is 13.0. The summed E-state index contributed by atoms with van der Waals surface area (Å²) in [6.07, 6.45) is 0.691. The van der Waals surface area contributed by atoms with Gasteiger partial charge < -0.3 is 5.32 Å². The van der Waals surface area contributed by atoms with E-state index in [-0.39, 0.29) is 16.9 Å². The van der Waals surface area contributed by atoms with Crippen LogP contribution in [0.1, 0.15) is 28.5 Å². The van der Waals surface area contributed by atoms with E-state index in [1.807, 2.05) is 6.92 Å². The summed E-state index contributed by atoms with van der Waals surface area (Å²) in [7, 11) is 0. The number of aryl methyl sites for hydroxylation is 2. The Hall–Kier alpha value is -1.94. The molecule has 1 aromatic carbocycles. The van der Waals surface area contributed by atoms with Crippen molar-refractivity contribution in [1.29, 1.82) is 0 Å². The maximum Gasteiger partial charge on any atom is 0.255 e. The van der Waals surface area contributed by atoms with Crippen LogP contribution in [0.25, 0.3) is 0 Å². The van der Waals surface area contributed by atoms with E-state index in [1.54, 1.807) is 13.0 Å². The van der Waals surface area contributed by atoms with Crippen molar-refractivity contribution >= 4 is 23.2 Å². The number of benzene rings is 1. The minimum absolute atomic E-state index is 0.283. The quantitative estimate of drug-likeness (QED) is 0.869. The Morgan fingerprint density at radius 1 is 1.35 bits per heavy atom. The molecule has 0 aliphatic rings. The molecule has 1 amide bonds. The first-order chi connectivity index (χ1) is 9.49. The molecule has 0 fully saturated rings. The number of hydrogen-bond acceptors (Lipinski definition) is 2. The van der Waals surface area contributed by atoms with E-state index in [0.29, 0.717) is 23.2 Å². The van der Waals surface area contributed by atoms with Crippen LogP contribution >= 0.6 is 11.6 Å². The summed E-state index contributed by atoms with van der Waals surface area (Å²) in [6.45, 7) is 3.67. The Kier molecular flexibility index (Phi) is 4.35. The minimum Gasteiger partial charge on any atom is -0.322 e. The molecule has 20 heavy (non-hydrogen) atoms. The van der Waals surface area contributed by atoms with Crippen molar-refractivity contribution in [3.8, 4) is 0 Å². The summed E-state index contributed by atoms with van der Waals surface area (Å²) >= 11 is 5.89. The molecule has 104 valence electrons. The molecule has 0 aliphatic heterocycles. The molecule has 0 radical (unpaired) electrons. The molecule has 0 atom stereocenters. The van der Waals surface area contributed by atoms with Crippen LogP contribution in [-0.4, -0.2) is 10.9 Å². The van der Waals surface area contributed by atoms with Crippen LogP contribution in [0.5, 0.6) is 0 Å². The number of rotatable bonds is 3. The molecular formula is C15H14ClFN2O. The molecule has 1 heterocycles. The molecule has 2 aromatic rings. The van der Waals surface area contributed by atoms with E-state index in [9.17, 15) is 9.18 Å². The van der Waals surface area contributed by atoms with Gasteiger partial charge in [-0.1, -0.05) is 18.5 Å². The molecule has 1 N–H and O–H groups in total. The lowest BCUT2D eigenvalue weighted by molar-refractivity contribution is 0.102. The first-order valence-corrected chi connectivity index (χ1v) is 6.61. The van der Waals surface area contributed by atoms with Crippen molar-refractivity contribution in [2.45, 2.75) is 20.3 Å². The van der Waals surface area contributed by atoms with Gasteiger partial charge in [-0.2, -0.15) is 0 Å². The van der Waals surface area contributed by atoms with Crippen molar-refractivity contribution in [2.75, 3.05) is 5.32 Å². The number of hydrogen-bond donors (Lipinski definition) is 1. The third kappa shape index (κ3) is 3.33. The van der Waals surface area contributed by atoms with E-state index in [2.05, 4.69) is 10.3 Å². The van der Waals surface area contributed by atoms with Crippen molar-refractivity contribution < 1.29 is 9.18 Å². The highest BCUT2D eigenvalue weighted by molar-refractivity contribution is 6.29. The second kappa shape index (κ2) is 6.01. The largest absolute Gasteiger partial charge is 0.322 e. The predicted molar refractivity (Wildman–Crippen MR) is 77.7 cm³/mol. The first-order valence-electron chi connectivity index (χ1n) is 6.23. The van der Waals surface area contributed by atoms with Crippen LogP contribution in [0.2, 0.25) is 5.15 Å². The molecule has 0 spiro atoms. The van der Waals surface area contributed by atoms with E-state index < -0.39 is 0 Å². The average Bonchev–Trinajstić information content (AvgIpc) is 2.41. The van der Waals surface area contributed by atoms with E-state index in [1.165, 1.54) is 24.3 Å². The highest BCUT2D eigenvalue weighted by Gasteiger charge is 2.10. The van der Waals surface area contributed by atoms with Gasteiger partial charge in [0, 0.05) is 16.9 Å². The van der Waals surface area contributed by atoms with Gasteiger partial charge >= 0.3 is 0 Å². The van der Waals surface area contributed by atoms with Gasteiger partial charge in [-0.3, -0.25) is 4.79 Å². The lowest BCUT2D eigenvalue weighted by Gasteiger charge is -2.09. The van der Waals surface area contributed by atoms with Crippen LogP contribution in [-0.2, 0) is 6.42 Å². The SMILES string of the molecule is CCc1cc(C(=O)Nc2ccc(F)cc2C)cc(Cl)n1. The normalized spacial score (nSPS) is 10.4. The Bertz CT molecular complexity index is 658. The minimum atomic E-state index is -0.333. The van der Waals surface area contributed by atoms with E-state index in [0.717, 1.165) is 5.69 Å². The maximum absolute atomic E-state index is 13.0. The number of carbonyl (C=O) groups is 1. The number of pyridine rings is 1. The Morgan fingerprint density at radius 3 is 2.75 bits per heavy atom. The number of carbonyl (C=O) groups excluding carboxylic acids is 1. The van der Waals surface area contributed by atoms with Crippen molar-refractivity contribution in [3.63, 3.8) is 0 Å². The van der Waals surface area contributed by atoms with Gasteiger partial charge in [0.25, 0.3) is 5.91 Å². The van der Waals surface area contributed by atoms with Crippen LogP contribution in [0.4, 0.5) is 10.1 Å². The molecular weight excluding hydrogens is 279 g/mol. The molecule has 3 nitrogen and oxygen atoms in total.